The summed E-state index contributed by atoms with van der Waals surface area (Å²) in [4.78, 5) is 9.40. The first kappa shape index (κ1) is 26.0. The van der Waals surface area contributed by atoms with Gasteiger partial charge in [-0.25, -0.2) is 0 Å². The molecule has 2 fully saturated rings. The van der Waals surface area contributed by atoms with Gasteiger partial charge in [0.25, 0.3) is 0 Å². The van der Waals surface area contributed by atoms with Crippen LogP contribution in [-0.4, -0.2) is 53.1 Å². The van der Waals surface area contributed by atoms with Crippen LogP contribution in [0.5, 0.6) is 5.75 Å². The van der Waals surface area contributed by atoms with Crippen molar-refractivity contribution in [3.63, 3.8) is 0 Å². The number of rotatable bonds is 9. The molecule has 3 heterocycles. The van der Waals surface area contributed by atoms with Gasteiger partial charge in [-0.2, -0.15) is 5.26 Å². The van der Waals surface area contributed by atoms with Crippen LogP contribution in [0.25, 0.3) is 5.70 Å². The van der Waals surface area contributed by atoms with Crippen molar-refractivity contribution in [2.24, 2.45) is 0 Å². The fraction of sp³-hybridized carbons (Fsp3) is 0.375. The topological polar surface area (TPSA) is 64.4 Å². The van der Waals surface area contributed by atoms with Crippen molar-refractivity contribution < 1.29 is 4.74 Å². The van der Waals surface area contributed by atoms with Gasteiger partial charge in [-0.3, -0.25) is 14.8 Å². The smallest absolute Gasteiger partial charge is 0.119 e. The molecule has 5 rings (SSSR count). The quantitative estimate of drug-likeness (QED) is 0.428. The van der Waals surface area contributed by atoms with E-state index in [1.54, 1.807) is 0 Å². The molecule has 1 aromatic heterocycles. The van der Waals surface area contributed by atoms with Gasteiger partial charge in [0.1, 0.15) is 11.9 Å². The van der Waals surface area contributed by atoms with Crippen molar-refractivity contribution in [1.82, 2.24) is 20.1 Å². The number of pyridine rings is 1. The number of likely N-dealkylation sites (tertiary alicyclic amines) is 2. The Morgan fingerprint density at radius 3 is 2.24 bits per heavy atom. The molecule has 0 unspecified atom stereocenters. The maximum atomic E-state index is 8.97. The summed E-state index contributed by atoms with van der Waals surface area (Å²) < 4.78 is 6.31. The van der Waals surface area contributed by atoms with Gasteiger partial charge >= 0.3 is 0 Å². The minimum absolute atomic E-state index is 0.246. The molecular weight excluding hydrogens is 470 g/mol. The van der Waals surface area contributed by atoms with Crippen molar-refractivity contribution in [1.29, 1.82) is 5.26 Å². The molecule has 3 aromatic rings. The fourth-order valence-electron chi connectivity index (χ4n) is 5.34. The van der Waals surface area contributed by atoms with Crippen molar-refractivity contribution in [2.75, 3.05) is 26.2 Å². The second-order valence-corrected chi connectivity index (χ2v) is 10.4. The zero-order chi connectivity index (χ0) is 26.2. The monoisotopic (exact) mass is 507 g/mol. The number of aromatic nitrogens is 1. The molecule has 2 aromatic carbocycles. The van der Waals surface area contributed by atoms with Crippen molar-refractivity contribution in [2.45, 2.75) is 50.9 Å². The molecule has 1 N–H and O–H groups in total. The van der Waals surface area contributed by atoms with E-state index in [0.717, 1.165) is 87.7 Å². The number of nitrogens with zero attached hydrogens (tertiary/aromatic N) is 4. The highest BCUT2D eigenvalue weighted by atomic mass is 16.5. The first-order valence-corrected chi connectivity index (χ1v) is 13.7. The number of benzene rings is 2. The Bertz CT molecular complexity index is 1200. The van der Waals surface area contributed by atoms with Crippen LogP contribution in [0.1, 0.15) is 48.1 Å². The molecule has 196 valence electrons. The van der Waals surface area contributed by atoms with E-state index in [0.29, 0.717) is 11.6 Å². The van der Waals surface area contributed by atoms with E-state index >= 15 is 0 Å². The third kappa shape index (κ3) is 7.22. The second-order valence-electron chi connectivity index (χ2n) is 10.4. The van der Waals surface area contributed by atoms with E-state index in [-0.39, 0.29) is 6.10 Å². The molecule has 0 bridgehead atoms. The van der Waals surface area contributed by atoms with Gasteiger partial charge < -0.3 is 10.1 Å². The van der Waals surface area contributed by atoms with E-state index in [1.807, 2.05) is 24.4 Å². The third-order valence-electron chi connectivity index (χ3n) is 7.61. The Morgan fingerprint density at radius 1 is 0.895 bits per heavy atom. The molecule has 0 spiro atoms. The predicted octanol–water partition coefficient (Wildman–Crippen LogP) is 5.22. The Morgan fingerprint density at radius 2 is 1.58 bits per heavy atom. The largest absolute Gasteiger partial charge is 0.490 e. The van der Waals surface area contributed by atoms with Gasteiger partial charge in [0.2, 0.25) is 0 Å². The maximum absolute atomic E-state index is 8.97. The second kappa shape index (κ2) is 12.7. The number of nitrogens with one attached hydrogen (secondary N) is 1. The van der Waals surface area contributed by atoms with Gasteiger partial charge in [-0.15, -0.1) is 0 Å². The lowest BCUT2D eigenvalue weighted by Crippen LogP contribution is -2.41. The summed E-state index contributed by atoms with van der Waals surface area (Å²) in [5, 5.41) is 12.6. The molecule has 0 atom stereocenters. The number of hydrogen-bond donors (Lipinski definition) is 1. The summed E-state index contributed by atoms with van der Waals surface area (Å²) in [6.07, 6.45) is 6.37. The van der Waals surface area contributed by atoms with Gasteiger partial charge in [-0.1, -0.05) is 24.8 Å². The first-order valence-electron chi connectivity index (χ1n) is 13.7. The number of piperidine rings is 2. The molecule has 0 aliphatic carbocycles. The zero-order valence-corrected chi connectivity index (χ0v) is 22.1. The highest BCUT2D eigenvalue weighted by Crippen LogP contribution is 2.23. The lowest BCUT2D eigenvalue weighted by Gasteiger charge is -2.33. The van der Waals surface area contributed by atoms with E-state index in [9.17, 15) is 0 Å². The van der Waals surface area contributed by atoms with E-state index in [4.69, 9.17) is 10.00 Å². The molecule has 2 aliphatic heterocycles. The Kier molecular flexibility index (Phi) is 8.70. The highest BCUT2D eigenvalue weighted by molar-refractivity contribution is 5.62. The summed E-state index contributed by atoms with van der Waals surface area (Å²) in [7, 11) is 0. The molecular formula is C32H37N5O. The summed E-state index contributed by atoms with van der Waals surface area (Å²) in [5.74, 6) is 0.926. The van der Waals surface area contributed by atoms with Crippen LogP contribution < -0.4 is 10.1 Å². The molecule has 38 heavy (non-hydrogen) atoms. The van der Waals surface area contributed by atoms with Gasteiger partial charge in [-0.05, 0) is 85.3 Å². The van der Waals surface area contributed by atoms with Crippen LogP contribution in [0.15, 0.2) is 79.5 Å². The molecule has 0 radical (unpaired) electrons. The predicted molar refractivity (Wildman–Crippen MR) is 151 cm³/mol. The van der Waals surface area contributed by atoms with Crippen LogP contribution >= 0.6 is 0 Å². The Balaban J connectivity index is 1.02. The standard InChI is InChI=1S/C32H37N5O/c1-25(35-29-13-18-37(19-14-29)24-30-4-2-3-17-34-30)28-9-11-31(12-10-28)38-32-15-20-36(21-16-32)23-27-7-5-26(22-33)6-8-27/h2-12,17,29,32,35H,1,13-16,18-21,23-24H2. The van der Waals surface area contributed by atoms with Gasteiger partial charge in [0, 0.05) is 57.2 Å². The first-order chi connectivity index (χ1) is 18.6. The van der Waals surface area contributed by atoms with Crippen LogP contribution in [0, 0.1) is 11.3 Å². The number of ether oxygens (including phenoxy) is 1. The van der Waals surface area contributed by atoms with E-state index in [1.165, 1.54) is 5.56 Å². The zero-order valence-electron chi connectivity index (χ0n) is 22.1. The van der Waals surface area contributed by atoms with Gasteiger partial charge in [0.15, 0.2) is 0 Å². The van der Waals surface area contributed by atoms with Crippen molar-refractivity contribution >= 4 is 5.70 Å². The number of nitriles is 1. The van der Waals surface area contributed by atoms with Gasteiger partial charge in [0.05, 0.1) is 17.3 Å². The molecule has 0 amide bonds. The lowest BCUT2D eigenvalue weighted by atomic mass is 10.0. The summed E-state index contributed by atoms with van der Waals surface area (Å²) >= 11 is 0. The SMILES string of the molecule is C=C(NC1CCN(Cc2ccccn2)CC1)c1ccc(OC2CCN(Cc3ccc(C#N)cc3)CC2)cc1. The molecule has 2 aliphatic rings. The van der Waals surface area contributed by atoms with Crippen LogP contribution in [-0.2, 0) is 13.1 Å². The fourth-order valence-corrected chi connectivity index (χ4v) is 5.34. The molecule has 6 nitrogen and oxygen atoms in total. The summed E-state index contributed by atoms with van der Waals surface area (Å²) in [6, 6.07) is 25.0. The average molecular weight is 508 g/mol. The minimum atomic E-state index is 0.246. The van der Waals surface area contributed by atoms with E-state index in [2.05, 4.69) is 81.3 Å². The third-order valence-corrected chi connectivity index (χ3v) is 7.61. The van der Waals surface area contributed by atoms with Crippen LogP contribution in [0.3, 0.4) is 0 Å². The van der Waals surface area contributed by atoms with E-state index < -0.39 is 0 Å². The Labute approximate surface area is 226 Å². The molecule has 0 saturated carbocycles. The van der Waals surface area contributed by atoms with Crippen molar-refractivity contribution in [3.8, 4) is 11.8 Å². The van der Waals surface area contributed by atoms with Crippen LogP contribution in [0.4, 0.5) is 0 Å². The highest BCUT2D eigenvalue weighted by Gasteiger charge is 2.22. The van der Waals surface area contributed by atoms with Crippen molar-refractivity contribution in [3.05, 3.63) is 102 Å². The normalized spacial score (nSPS) is 17.6. The average Bonchev–Trinajstić information content (AvgIpc) is 2.96. The Hall–Kier alpha value is -3.66. The molecule has 6 heteroatoms. The minimum Gasteiger partial charge on any atom is -0.490 e. The van der Waals surface area contributed by atoms with Crippen LogP contribution in [0.2, 0.25) is 0 Å². The summed E-state index contributed by atoms with van der Waals surface area (Å²) in [6.45, 7) is 10.3. The summed E-state index contributed by atoms with van der Waals surface area (Å²) in [5.41, 5.74) is 5.20. The number of hydrogen-bond acceptors (Lipinski definition) is 6. The molecule has 2 saturated heterocycles. The lowest BCUT2D eigenvalue weighted by molar-refractivity contribution is 0.0968. The maximum Gasteiger partial charge on any atom is 0.119 e.